The Balaban J connectivity index is 1.80. The molecule has 1 aliphatic rings. The molecule has 0 unspecified atom stereocenters. The van der Waals surface area contributed by atoms with Crippen LogP contribution in [0.1, 0.15) is 31.9 Å². The van der Waals surface area contributed by atoms with Gasteiger partial charge < -0.3 is 10.6 Å². The van der Waals surface area contributed by atoms with E-state index in [4.69, 9.17) is 18.0 Å². The molecule has 0 spiro atoms. The molecule has 1 fully saturated rings. The summed E-state index contributed by atoms with van der Waals surface area (Å²) in [5.74, 6) is -0.118. The second-order valence-corrected chi connectivity index (χ2v) is 8.76. The third-order valence-corrected chi connectivity index (χ3v) is 6.39. The van der Waals surface area contributed by atoms with Crippen molar-refractivity contribution in [2.24, 2.45) is 0 Å². The molecule has 146 valence electrons. The molecule has 0 saturated carbocycles. The highest BCUT2D eigenvalue weighted by molar-refractivity contribution is 7.81. The number of rotatable bonds is 3. The molecule has 1 aromatic heterocycles. The number of nitriles is 1. The van der Waals surface area contributed by atoms with Gasteiger partial charge in [-0.15, -0.1) is 0 Å². The van der Waals surface area contributed by atoms with Crippen LogP contribution in [0.3, 0.4) is 0 Å². The number of nitrogen functional groups attached to an aromatic ring is 1. The van der Waals surface area contributed by atoms with E-state index in [1.54, 1.807) is 17.0 Å². The van der Waals surface area contributed by atoms with Crippen molar-refractivity contribution in [2.45, 2.75) is 32.7 Å². The van der Waals surface area contributed by atoms with Gasteiger partial charge in [0.25, 0.3) is 5.91 Å². The number of hydrogen-bond donors (Lipinski definition) is 1. The number of nitrogens with two attached hydrogens (primary N) is 1. The third kappa shape index (κ3) is 2.94. The highest BCUT2D eigenvalue weighted by atomic mass is 32.1. The number of thiocarbonyl (C=S) groups is 1. The van der Waals surface area contributed by atoms with Crippen LogP contribution in [0.5, 0.6) is 0 Å². The first-order chi connectivity index (χ1) is 13.8. The lowest BCUT2D eigenvalue weighted by atomic mass is 10.0. The van der Waals surface area contributed by atoms with Crippen LogP contribution in [0.2, 0.25) is 0 Å². The van der Waals surface area contributed by atoms with E-state index in [1.165, 1.54) is 11.3 Å². The van der Waals surface area contributed by atoms with E-state index < -0.39 is 5.54 Å². The molecular weight excluding hydrogens is 402 g/mol. The zero-order valence-corrected chi connectivity index (χ0v) is 17.9. The van der Waals surface area contributed by atoms with Crippen molar-refractivity contribution in [3.05, 3.63) is 47.5 Å². The maximum absolute atomic E-state index is 13.3. The van der Waals surface area contributed by atoms with E-state index in [0.717, 1.165) is 21.5 Å². The summed E-state index contributed by atoms with van der Waals surface area (Å²) >= 11 is 7.17. The smallest absolute Gasteiger partial charge is 0.259 e. The molecule has 2 heterocycles. The van der Waals surface area contributed by atoms with Crippen molar-refractivity contribution in [1.82, 2.24) is 4.98 Å². The van der Waals surface area contributed by atoms with Crippen molar-refractivity contribution < 1.29 is 4.79 Å². The van der Waals surface area contributed by atoms with Crippen LogP contribution in [0.15, 0.2) is 36.4 Å². The normalized spacial score (nSPS) is 15.9. The Morgan fingerprint density at radius 2 is 1.97 bits per heavy atom. The van der Waals surface area contributed by atoms with Crippen LogP contribution in [0.25, 0.3) is 10.2 Å². The average molecular weight is 422 g/mol. The van der Waals surface area contributed by atoms with Gasteiger partial charge in [-0.1, -0.05) is 18.3 Å². The SMILES string of the molecule is CCc1cc(N2C(=O)C(C)(C)N(c3ccc4sc(N)nc4c3)C2=S)ccc1C#N. The number of anilines is 3. The Hall–Kier alpha value is -3.02. The van der Waals surface area contributed by atoms with Crippen molar-refractivity contribution in [2.75, 3.05) is 15.5 Å². The fourth-order valence-corrected chi connectivity index (χ4v) is 4.89. The maximum Gasteiger partial charge on any atom is 0.259 e. The van der Waals surface area contributed by atoms with E-state index >= 15 is 0 Å². The Kier molecular flexibility index (Phi) is 4.52. The number of thiazole rings is 1. The average Bonchev–Trinajstić information content (AvgIpc) is 3.14. The van der Waals surface area contributed by atoms with Gasteiger partial charge >= 0.3 is 0 Å². The van der Waals surface area contributed by atoms with E-state index in [9.17, 15) is 10.1 Å². The van der Waals surface area contributed by atoms with E-state index in [-0.39, 0.29) is 5.91 Å². The predicted molar refractivity (Wildman–Crippen MR) is 121 cm³/mol. The lowest BCUT2D eigenvalue weighted by molar-refractivity contribution is -0.120. The van der Waals surface area contributed by atoms with Gasteiger partial charge in [0.1, 0.15) is 5.54 Å². The Bertz CT molecular complexity index is 1210. The Labute approximate surface area is 178 Å². The molecular formula is C21H19N5OS2. The molecule has 1 saturated heterocycles. The lowest BCUT2D eigenvalue weighted by Gasteiger charge is -2.29. The number of nitrogens with zero attached hydrogens (tertiary/aromatic N) is 4. The molecule has 0 aliphatic carbocycles. The van der Waals surface area contributed by atoms with Crippen LogP contribution in [0, 0.1) is 11.3 Å². The minimum absolute atomic E-state index is 0.118. The molecule has 6 nitrogen and oxygen atoms in total. The number of fused-ring (bicyclic) bond motifs is 1. The van der Waals surface area contributed by atoms with Gasteiger partial charge in [0.05, 0.1) is 27.5 Å². The topological polar surface area (TPSA) is 86.2 Å². The lowest BCUT2D eigenvalue weighted by Crippen LogP contribution is -2.44. The molecule has 2 aromatic carbocycles. The number of carbonyl (C=O) groups excluding carboxylic acids is 1. The van der Waals surface area contributed by atoms with Crippen LogP contribution in [-0.2, 0) is 11.2 Å². The molecule has 0 atom stereocenters. The minimum Gasteiger partial charge on any atom is -0.375 e. The summed E-state index contributed by atoms with van der Waals surface area (Å²) < 4.78 is 0.983. The number of aryl methyl sites for hydroxylation is 1. The number of benzene rings is 2. The second kappa shape index (κ2) is 6.79. The molecule has 3 aromatic rings. The molecule has 8 heteroatoms. The summed E-state index contributed by atoms with van der Waals surface area (Å²) in [6, 6.07) is 13.4. The van der Waals surface area contributed by atoms with Gasteiger partial charge in [0.2, 0.25) is 0 Å². The summed E-state index contributed by atoms with van der Waals surface area (Å²) in [5, 5.41) is 10.2. The number of amides is 1. The van der Waals surface area contributed by atoms with Gasteiger partial charge in [-0.2, -0.15) is 5.26 Å². The number of aromatic nitrogens is 1. The first kappa shape index (κ1) is 19.3. The minimum atomic E-state index is -0.868. The first-order valence-electron chi connectivity index (χ1n) is 9.15. The molecule has 1 aliphatic heterocycles. The van der Waals surface area contributed by atoms with Crippen LogP contribution >= 0.6 is 23.6 Å². The van der Waals surface area contributed by atoms with E-state index in [0.29, 0.717) is 27.9 Å². The van der Waals surface area contributed by atoms with E-state index in [1.807, 2.05) is 49.9 Å². The molecule has 1 amide bonds. The fourth-order valence-electron chi connectivity index (χ4n) is 3.65. The van der Waals surface area contributed by atoms with Crippen molar-refractivity contribution >= 4 is 61.3 Å². The summed E-state index contributed by atoms with van der Waals surface area (Å²) in [6.45, 7) is 5.69. The quantitative estimate of drug-likeness (QED) is 0.637. The maximum atomic E-state index is 13.3. The molecule has 4 rings (SSSR count). The highest BCUT2D eigenvalue weighted by Crippen LogP contribution is 2.38. The van der Waals surface area contributed by atoms with Crippen LogP contribution in [0.4, 0.5) is 16.5 Å². The molecule has 2 N–H and O–H groups in total. The fraction of sp³-hybridized carbons (Fsp3) is 0.238. The molecule has 0 bridgehead atoms. The van der Waals surface area contributed by atoms with Crippen LogP contribution < -0.4 is 15.5 Å². The van der Waals surface area contributed by atoms with Gasteiger partial charge in [0.15, 0.2) is 10.2 Å². The summed E-state index contributed by atoms with van der Waals surface area (Å²) in [4.78, 5) is 21.1. The zero-order chi connectivity index (χ0) is 20.9. The number of carbonyl (C=O) groups is 1. The molecule has 0 radical (unpaired) electrons. The summed E-state index contributed by atoms with van der Waals surface area (Å²) in [6.07, 6.45) is 0.695. The van der Waals surface area contributed by atoms with Gasteiger partial charge in [-0.05, 0) is 74.4 Å². The monoisotopic (exact) mass is 421 g/mol. The van der Waals surface area contributed by atoms with Gasteiger partial charge in [-0.3, -0.25) is 9.69 Å². The summed E-state index contributed by atoms with van der Waals surface area (Å²) in [5.41, 5.74) is 8.69. The second-order valence-electron chi connectivity index (χ2n) is 7.33. The standard InChI is InChI=1S/C21H19N5OS2/c1-4-12-9-14(6-5-13(12)11-22)25-18(27)21(2,3)26(20(25)28)15-7-8-17-16(10-15)24-19(23)29-17/h5-10H,4H2,1-3H3,(H2,23,24). The van der Waals surface area contributed by atoms with E-state index in [2.05, 4.69) is 11.1 Å². The largest absolute Gasteiger partial charge is 0.375 e. The zero-order valence-electron chi connectivity index (χ0n) is 16.3. The van der Waals surface area contributed by atoms with Crippen molar-refractivity contribution in [1.29, 1.82) is 5.26 Å². The highest BCUT2D eigenvalue weighted by Gasteiger charge is 2.50. The Morgan fingerprint density at radius 1 is 1.24 bits per heavy atom. The Morgan fingerprint density at radius 3 is 2.66 bits per heavy atom. The predicted octanol–water partition coefficient (Wildman–Crippen LogP) is 4.23. The van der Waals surface area contributed by atoms with Gasteiger partial charge in [-0.25, -0.2) is 4.98 Å². The first-order valence-corrected chi connectivity index (χ1v) is 10.4. The third-order valence-electron chi connectivity index (χ3n) is 5.16. The van der Waals surface area contributed by atoms with Crippen LogP contribution in [-0.4, -0.2) is 21.5 Å². The van der Waals surface area contributed by atoms with Gasteiger partial charge in [0, 0.05) is 5.69 Å². The van der Waals surface area contributed by atoms with Crippen molar-refractivity contribution in [3.8, 4) is 6.07 Å². The number of hydrogen-bond acceptors (Lipinski definition) is 6. The summed E-state index contributed by atoms with van der Waals surface area (Å²) in [7, 11) is 0. The molecule has 29 heavy (non-hydrogen) atoms. The van der Waals surface area contributed by atoms with Crippen molar-refractivity contribution in [3.63, 3.8) is 0 Å².